The molecule has 0 spiro atoms. The van der Waals surface area contributed by atoms with Gasteiger partial charge in [-0.3, -0.25) is 9.13 Å². The molecule has 43 heavy (non-hydrogen) atoms. The Labute approximate surface area is 262 Å². The first-order valence-corrected chi connectivity index (χ1v) is 14.2. The molecule has 9 aromatic rings. The summed E-state index contributed by atoms with van der Waals surface area (Å²) in [5.74, 6) is 0.886. The van der Waals surface area contributed by atoms with E-state index in [0.29, 0.717) is 0 Å². The summed E-state index contributed by atoms with van der Waals surface area (Å²) in [4.78, 5) is 10.4. The fourth-order valence-corrected chi connectivity index (χ4v) is 6.40. The number of hydrogen-bond donors (Lipinski definition) is 0. The molecule has 0 aliphatic rings. The minimum Gasteiger partial charge on any atom is -0.294 e. The van der Waals surface area contributed by atoms with Gasteiger partial charge in [0.05, 0.1) is 27.8 Å². The molecule has 0 atom stereocenters. The van der Waals surface area contributed by atoms with Crippen molar-refractivity contribution < 1.29 is 21.1 Å². The topological polar surface area (TPSA) is 35.6 Å². The molecule has 5 aromatic carbocycles. The van der Waals surface area contributed by atoms with Crippen molar-refractivity contribution in [2.75, 3.05) is 0 Å². The van der Waals surface area contributed by atoms with Crippen molar-refractivity contribution in [2.24, 2.45) is 0 Å². The molecule has 0 saturated heterocycles. The standard InChI is InChI=1S/C38H24N4.Pt/c1-2-11-27(12-3-1)41-34-16-8-6-14-29(34)31-21-23-37(40-38(31)41)42-35-17-9-5-13-28(35)30-20-18-26(24-36(30)42)33-22-19-25-10-4-7-15-32(25)39-33;/h1-24H;/q;+2. The van der Waals surface area contributed by atoms with E-state index in [1.807, 2.05) is 6.07 Å². The van der Waals surface area contributed by atoms with Gasteiger partial charge in [0.15, 0.2) is 0 Å². The molecule has 0 aliphatic heterocycles. The van der Waals surface area contributed by atoms with Crippen LogP contribution in [0.5, 0.6) is 0 Å². The molecule has 4 heterocycles. The average Bonchev–Trinajstić information content (AvgIpc) is 3.57. The zero-order chi connectivity index (χ0) is 27.6. The SMILES string of the molecule is [Pt+2].c1ccc(-n2c3ccccc3c3ccc(-n4c5ccccc5c5ccc(-c6ccc7ccccc7n6)cc54)nc32)cc1. The molecule has 0 N–H and O–H groups in total. The zero-order valence-corrected chi connectivity index (χ0v) is 25.2. The van der Waals surface area contributed by atoms with Crippen LogP contribution in [0.3, 0.4) is 0 Å². The van der Waals surface area contributed by atoms with E-state index in [1.54, 1.807) is 0 Å². The molecule has 4 aromatic heterocycles. The van der Waals surface area contributed by atoms with E-state index in [9.17, 15) is 0 Å². The van der Waals surface area contributed by atoms with Gasteiger partial charge in [0, 0.05) is 38.2 Å². The number of fused-ring (bicyclic) bond motifs is 7. The second kappa shape index (κ2) is 10.0. The zero-order valence-electron chi connectivity index (χ0n) is 23.0. The van der Waals surface area contributed by atoms with Gasteiger partial charge in [0.2, 0.25) is 0 Å². The van der Waals surface area contributed by atoms with Gasteiger partial charge in [-0.15, -0.1) is 0 Å². The van der Waals surface area contributed by atoms with Crippen LogP contribution in [0.1, 0.15) is 0 Å². The van der Waals surface area contributed by atoms with Crippen LogP contribution in [0.15, 0.2) is 146 Å². The Morgan fingerprint density at radius 3 is 1.93 bits per heavy atom. The second-order valence-corrected chi connectivity index (χ2v) is 10.7. The Morgan fingerprint density at radius 2 is 1.09 bits per heavy atom. The summed E-state index contributed by atoms with van der Waals surface area (Å²) in [7, 11) is 0. The number of nitrogens with zero attached hydrogens (tertiary/aromatic N) is 4. The summed E-state index contributed by atoms with van der Waals surface area (Å²) in [6, 6.07) is 51.2. The van der Waals surface area contributed by atoms with E-state index >= 15 is 0 Å². The number of hydrogen-bond acceptors (Lipinski definition) is 2. The predicted octanol–water partition coefficient (Wildman–Crippen LogP) is 9.49. The van der Waals surface area contributed by atoms with Crippen molar-refractivity contribution in [1.29, 1.82) is 0 Å². The first-order chi connectivity index (χ1) is 20.8. The van der Waals surface area contributed by atoms with E-state index in [0.717, 1.165) is 61.2 Å². The largest absolute Gasteiger partial charge is 2.00 e. The molecule has 4 nitrogen and oxygen atoms in total. The van der Waals surface area contributed by atoms with Gasteiger partial charge in [-0.1, -0.05) is 91.0 Å². The maximum atomic E-state index is 5.39. The smallest absolute Gasteiger partial charge is 0.294 e. The van der Waals surface area contributed by atoms with Crippen LogP contribution in [0.4, 0.5) is 0 Å². The molecule has 0 saturated carbocycles. The van der Waals surface area contributed by atoms with Crippen molar-refractivity contribution in [3.63, 3.8) is 0 Å². The van der Waals surface area contributed by atoms with Crippen molar-refractivity contribution in [1.82, 2.24) is 19.1 Å². The predicted molar refractivity (Wildman–Crippen MR) is 174 cm³/mol. The minimum atomic E-state index is 0. The van der Waals surface area contributed by atoms with Crippen molar-refractivity contribution in [3.8, 4) is 22.8 Å². The van der Waals surface area contributed by atoms with Gasteiger partial charge in [-0.05, 0) is 54.6 Å². The quantitative estimate of drug-likeness (QED) is 0.182. The Bertz CT molecular complexity index is 2470. The van der Waals surface area contributed by atoms with Gasteiger partial charge in [-0.25, -0.2) is 9.97 Å². The molecule has 9 rings (SSSR count). The van der Waals surface area contributed by atoms with Crippen LogP contribution in [-0.2, 0) is 21.1 Å². The molecule has 204 valence electrons. The summed E-state index contributed by atoms with van der Waals surface area (Å²) in [5, 5.41) is 5.88. The van der Waals surface area contributed by atoms with Gasteiger partial charge in [-0.2, -0.15) is 0 Å². The molecule has 0 radical (unpaired) electrons. The molecule has 0 amide bonds. The van der Waals surface area contributed by atoms with Gasteiger partial charge >= 0.3 is 21.1 Å². The third-order valence-corrected chi connectivity index (χ3v) is 8.32. The fraction of sp³-hybridized carbons (Fsp3) is 0. The first-order valence-electron chi connectivity index (χ1n) is 14.2. The molecule has 0 bridgehead atoms. The summed E-state index contributed by atoms with van der Waals surface area (Å²) in [5.41, 5.74) is 8.46. The molecular formula is C38H24N4Pt+2. The van der Waals surface area contributed by atoms with Crippen LogP contribution >= 0.6 is 0 Å². The Hall–Kier alpha value is -5.05. The molecule has 0 unspecified atom stereocenters. The van der Waals surface area contributed by atoms with Gasteiger partial charge in [0.25, 0.3) is 0 Å². The Kier molecular flexibility index (Phi) is 5.99. The monoisotopic (exact) mass is 731 g/mol. The summed E-state index contributed by atoms with van der Waals surface area (Å²) < 4.78 is 4.56. The van der Waals surface area contributed by atoms with Crippen LogP contribution in [-0.4, -0.2) is 19.1 Å². The number of benzene rings is 5. The normalized spacial score (nSPS) is 11.5. The minimum absolute atomic E-state index is 0. The number of para-hydroxylation sites is 4. The number of rotatable bonds is 3. The van der Waals surface area contributed by atoms with Crippen LogP contribution in [0, 0.1) is 0 Å². The summed E-state index contributed by atoms with van der Waals surface area (Å²) in [6.45, 7) is 0. The van der Waals surface area contributed by atoms with Gasteiger partial charge < -0.3 is 0 Å². The Morgan fingerprint density at radius 1 is 0.442 bits per heavy atom. The maximum Gasteiger partial charge on any atom is 2.00 e. The summed E-state index contributed by atoms with van der Waals surface area (Å²) >= 11 is 0. The third-order valence-electron chi connectivity index (χ3n) is 8.32. The van der Waals surface area contributed by atoms with Gasteiger partial charge in [0.1, 0.15) is 11.5 Å². The molecule has 0 fully saturated rings. The van der Waals surface area contributed by atoms with E-state index in [2.05, 4.69) is 149 Å². The van der Waals surface area contributed by atoms with Crippen LogP contribution < -0.4 is 0 Å². The third kappa shape index (κ3) is 3.95. The van der Waals surface area contributed by atoms with Crippen molar-refractivity contribution in [2.45, 2.75) is 0 Å². The van der Waals surface area contributed by atoms with E-state index < -0.39 is 0 Å². The van der Waals surface area contributed by atoms with E-state index in [4.69, 9.17) is 9.97 Å². The molecule has 0 aliphatic carbocycles. The first kappa shape index (κ1) is 25.6. The van der Waals surface area contributed by atoms with Crippen molar-refractivity contribution in [3.05, 3.63) is 146 Å². The summed E-state index contributed by atoms with van der Waals surface area (Å²) in [6.07, 6.45) is 0. The van der Waals surface area contributed by atoms with Crippen LogP contribution in [0.25, 0.3) is 77.4 Å². The van der Waals surface area contributed by atoms with E-state index in [-0.39, 0.29) is 21.1 Å². The molecule has 5 heteroatoms. The van der Waals surface area contributed by atoms with E-state index in [1.165, 1.54) is 16.2 Å². The second-order valence-electron chi connectivity index (χ2n) is 10.7. The average molecular weight is 732 g/mol. The Balaban J connectivity index is 0.00000278. The number of pyridine rings is 2. The number of aromatic nitrogens is 4. The maximum absolute atomic E-state index is 5.39. The van der Waals surface area contributed by atoms with Crippen molar-refractivity contribution >= 4 is 54.6 Å². The molecular weight excluding hydrogens is 708 g/mol. The fourth-order valence-electron chi connectivity index (χ4n) is 6.40. The van der Waals surface area contributed by atoms with Crippen LogP contribution in [0.2, 0.25) is 0 Å².